The summed E-state index contributed by atoms with van der Waals surface area (Å²) in [5.41, 5.74) is 3.20. The van der Waals surface area contributed by atoms with Crippen LogP contribution in [0.25, 0.3) is 0 Å². The second-order valence-electron chi connectivity index (χ2n) is 3.36. The molecule has 0 aliphatic heterocycles. The molecule has 1 amide bonds. The minimum absolute atomic E-state index is 0.128. The Kier molecular flexibility index (Phi) is 3.48. The molecule has 0 saturated heterocycles. The number of aromatic nitrogens is 1. The van der Waals surface area contributed by atoms with Crippen molar-refractivity contribution < 1.29 is 4.79 Å². The molecule has 0 spiro atoms. The topological polar surface area (TPSA) is 65.8 Å². The molecule has 0 unspecified atom stereocenters. The molecule has 1 aromatic heterocycles. The Labute approximate surface area is 103 Å². The Balaban J connectivity index is 1.94. The standard InChI is InChI=1S/C12H9N3OS/c13-5-9-1-3-10(4-2-9)6-15-12(16)11-7-14-8-17-11/h1-4,7-8H,6H2,(H,15,16). The van der Waals surface area contributed by atoms with Gasteiger partial charge in [0.2, 0.25) is 0 Å². The van der Waals surface area contributed by atoms with Gasteiger partial charge in [0.1, 0.15) is 4.88 Å². The van der Waals surface area contributed by atoms with Gasteiger partial charge in [0.05, 0.1) is 23.3 Å². The van der Waals surface area contributed by atoms with Gasteiger partial charge >= 0.3 is 0 Å². The molecule has 0 fully saturated rings. The minimum atomic E-state index is -0.128. The first kappa shape index (κ1) is 11.3. The number of nitrogens with one attached hydrogen (secondary N) is 1. The molecule has 4 nitrogen and oxygen atoms in total. The van der Waals surface area contributed by atoms with Crippen molar-refractivity contribution in [3.8, 4) is 6.07 Å². The summed E-state index contributed by atoms with van der Waals surface area (Å²) in [5, 5.41) is 11.4. The van der Waals surface area contributed by atoms with Crippen molar-refractivity contribution in [2.24, 2.45) is 0 Å². The van der Waals surface area contributed by atoms with Gasteiger partial charge in [-0.1, -0.05) is 12.1 Å². The molecule has 84 valence electrons. The molecular weight excluding hydrogens is 234 g/mol. The van der Waals surface area contributed by atoms with E-state index in [1.165, 1.54) is 11.3 Å². The molecule has 2 aromatic rings. The second kappa shape index (κ2) is 5.23. The monoisotopic (exact) mass is 243 g/mol. The lowest BCUT2D eigenvalue weighted by atomic mass is 10.1. The highest BCUT2D eigenvalue weighted by molar-refractivity contribution is 7.11. The molecular formula is C12H9N3OS. The van der Waals surface area contributed by atoms with Crippen LogP contribution in [0.2, 0.25) is 0 Å². The molecule has 2 rings (SSSR count). The van der Waals surface area contributed by atoms with E-state index in [9.17, 15) is 4.79 Å². The number of nitriles is 1. The van der Waals surface area contributed by atoms with E-state index in [2.05, 4.69) is 10.3 Å². The van der Waals surface area contributed by atoms with E-state index >= 15 is 0 Å². The highest BCUT2D eigenvalue weighted by Gasteiger charge is 2.06. The Morgan fingerprint density at radius 1 is 1.41 bits per heavy atom. The third-order valence-corrected chi connectivity index (χ3v) is 2.96. The van der Waals surface area contributed by atoms with Crippen LogP contribution >= 0.6 is 11.3 Å². The van der Waals surface area contributed by atoms with Crippen LogP contribution in [0, 0.1) is 11.3 Å². The van der Waals surface area contributed by atoms with E-state index in [1.807, 2.05) is 18.2 Å². The van der Waals surface area contributed by atoms with Crippen molar-refractivity contribution in [2.45, 2.75) is 6.54 Å². The zero-order valence-electron chi connectivity index (χ0n) is 8.88. The quantitative estimate of drug-likeness (QED) is 0.896. The number of hydrogen-bond donors (Lipinski definition) is 1. The maximum Gasteiger partial charge on any atom is 0.263 e. The fourth-order valence-corrected chi connectivity index (χ4v) is 1.83. The fourth-order valence-electron chi connectivity index (χ4n) is 1.29. The molecule has 0 aliphatic carbocycles. The number of carbonyl (C=O) groups excluding carboxylic acids is 1. The summed E-state index contributed by atoms with van der Waals surface area (Å²) in [4.78, 5) is 16.0. The van der Waals surface area contributed by atoms with E-state index in [0.29, 0.717) is 17.0 Å². The summed E-state index contributed by atoms with van der Waals surface area (Å²) in [6.07, 6.45) is 1.54. The van der Waals surface area contributed by atoms with Crippen LogP contribution in [0.1, 0.15) is 20.8 Å². The van der Waals surface area contributed by atoms with Gasteiger partial charge in [-0.2, -0.15) is 5.26 Å². The summed E-state index contributed by atoms with van der Waals surface area (Å²) in [5.74, 6) is -0.128. The average Bonchev–Trinajstić information content (AvgIpc) is 2.90. The molecule has 5 heteroatoms. The lowest BCUT2D eigenvalue weighted by Gasteiger charge is -2.03. The maximum absolute atomic E-state index is 11.6. The molecule has 0 bridgehead atoms. The number of rotatable bonds is 3. The van der Waals surface area contributed by atoms with Crippen molar-refractivity contribution in [1.82, 2.24) is 10.3 Å². The Morgan fingerprint density at radius 2 is 2.18 bits per heavy atom. The number of thiazole rings is 1. The molecule has 1 heterocycles. The summed E-state index contributed by atoms with van der Waals surface area (Å²) in [7, 11) is 0. The van der Waals surface area contributed by atoms with Gasteiger partial charge in [-0.25, -0.2) is 0 Å². The first-order valence-electron chi connectivity index (χ1n) is 4.95. The minimum Gasteiger partial charge on any atom is -0.347 e. The lowest BCUT2D eigenvalue weighted by molar-refractivity contribution is 0.0955. The van der Waals surface area contributed by atoms with Gasteiger partial charge in [0, 0.05) is 6.54 Å². The van der Waals surface area contributed by atoms with E-state index in [0.717, 1.165) is 5.56 Å². The van der Waals surface area contributed by atoms with Crippen LogP contribution in [0.4, 0.5) is 0 Å². The maximum atomic E-state index is 11.6. The zero-order chi connectivity index (χ0) is 12.1. The molecule has 0 radical (unpaired) electrons. The normalized spacial score (nSPS) is 9.59. The third kappa shape index (κ3) is 2.89. The number of hydrogen-bond acceptors (Lipinski definition) is 4. The molecule has 0 aliphatic rings. The zero-order valence-corrected chi connectivity index (χ0v) is 9.70. The van der Waals surface area contributed by atoms with E-state index < -0.39 is 0 Å². The Bertz CT molecular complexity index is 540. The van der Waals surface area contributed by atoms with Crippen LogP contribution in [0.15, 0.2) is 36.0 Å². The fraction of sp³-hybridized carbons (Fsp3) is 0.0833. The van der Waals surface area contributed by atoms with Gasteiger partial charge in [0.25, 0.3) is 5.91 Å². The molecule has 17 heavy (non-hydrogen) atoms. The molecule has 0 atom stereocenters. The Hall–Kier alpha value is -2.19. The van der Waals surface area contributed by atoms with Gasteiger partial charge in [-0.05, 0) is 17.7 Å². The van der Waals surface area contributed by atoms with E-state index in [4.69, 9.17) is 5.26 Å². The summed E-state index contributed by atoms with van der Waals surface area (Å²) < 4.78 is 0. The van der Waals surface area contributed by atoms with Gasteiger partial charge in [-0.3, -0.25) is 9.78 Å². The number of amides is 1. The SMILES string of the molecule is N#Cc1ccc(CNC(=O)c2cncs2)cc1. The van der Waals surface area contributed by atoms with Gasteiger partial charge in [-0.15, -0.1) is 11.3 Å². The lowest BCUT2D eigenvalue weighted by Crippen LogP contribution is -2.21. The smallest absolute Gasteiger partial charge is 0.263 e. The predicted molar refractivity (Wildman–Crippen MR) is 64.4 cm³/mol. The number of nitrogens with zero attached hydrogens (tertiary/aromatic N) is 2. The molecule has 1 N–H and O–H groups in total. The first-order valence-corrected chi connectivity index (χ1v) is 5.83. The van der Waals surface area contributed by atoms with Crippen molar-refractivity contribution in [1.29, 1.82) is 5.26 Å². The van der Waals surface area contributed by atoms with E-state index in [-0.39, 0.29) is 5.91 Å². The predicted octanol–water partition coefficient (Wildman–Crippen LogP) is 1.94. The van der Waals surface area contributed by atoms with E-state index in [1.54, 1.807) is 23.8 Å². The highest BCUT2D eigenvalue weighted by atomic mass is 32.1. The van der Waals surface area contributed by atoms with Crippen LogP contribution < -0.4 is 5.32 Å². The van der Waals surface area contributed by atoms with Gasteiger partial charge in [0.15, 0.2) is 0 Å². The van der Waals surface area contributed by atoms with Crippen molar-refractivity contribution in [2.75, 3.05) is 0 Å². The number of carbonyl (C=O) groups is 1. The van der Waals surface area contributed by atoms with Crippen LogP contribution in [-0.4, -0.2) is 10.9 Å². The van der Waals surface area contributed by atoms with Crippen molar-refractivity contribution in [3.05, 3.63) is 52.0 Å². The summed E-state index contributed by atoms with van der Waals surface area (Å²) in [6.45, 7) is 0.447. The Morgan fingerprint density at radius 3 is 2.76 bits per heavy atom. The van der Waals surface area contributed by atoms with Crippen LogP contribution in [0.5, 0.6) is 0 Å². The van der Waals surface area contributed by atoms with Crippen molar-refractivity contribution in [3.63, 3.8) is 0 Å². The number of benzene rings is 1. The molecule has 1 aromatic carbocycles. The second-order valence-corrected chi connectivity index (χ2v) is 4.24. The largest absolute Gasteiger partial charge is 0.347 e. The highest BCUT2D eigenvalue weighted by Crippen LogP contribution is 2.06. The third-order valence-electron chi connectivity index (χ3n) is 2.19. The van der Waals surface area contributed by atoms with Crippen LogP contribution in [-0.2, 0) is 6.54 Å². The molecule has 0 saturated carbocycles. The summed E-state index contributed by atoms with van der Waals surface area (Å²) in [6, 6.07) is 9.16. The average molecular weight is 243 g/mol. The van der Waals surface area contributed by atoms with Gasteiger partial charge < -0.3 is 5.32 Å². The van der Waals surface area contributed by atoms with Crippen molar-refractivity contribution >= 4 is 17.2 Å². The van der Waals surface area contributed by atoms with Crippen LogP contribution in [0.3, 0.4) is 0 Å². The summed E-state index contributed by atoms with van der Waals surface area (Å²) >= 11 is 1.31. The first-order chi connectivity index (χ1) is 8.29.